The first kappa shape index (κ1) is 19.2. The maximum Gasteiger partial charge on any atom is 0.369 e. The van der Waals surface area contributed by atoms with Crippen molar-refractivity contribution in [3.05, 3.63) is 22.7 Å². The van der Waals surface area contributed by atoms with E-state index in [2.05, 4.69) is 15.9 Å². The fraction of sp³-hybridized carbons (Fsp3) is 0.300. The van der Waals surface area contributed by atoms with E-state index < -0.39 is 19.5 Å². The van der Waals surface area contributed by atoms with Gasteiger partial charge in [-0.1, -0.05) is 27.7 Å². The van der Waals surface area contributed by atoms with Crippen LogP contribution in [0.1, 0.15) is 0 Å². The van der Waals surface area contributed by atoms with Crippen LogP contribution in [0.5, 0.6) is 5.75 Å². The number of benzene rings is 1. The summed E-state index contributed by atoms with van der Waals surface area (Å²) in [4.78, 5) is 19.4. The minimum Gasteiger partial charge on any atom is -0.507 e. The molecule has 120 valence electrons. The zero-order valence-corrected chi connectivity index (χ0v) is 15.6. The lowest BCUT2D eigenvalue weighted by molar-refractivity contribution is 0.233. The van der Waals surface area contributed by atoms with Crippen LogP contribution in [0.3, 0.4) is 0 Å². The highest BCUT2D eigenvalue weighted by atomic mass is 79.9. The van der Waals surface area contributed by atoms with E-state index in [0.717, 1.165) is 0 Å². The molecule has 0 aromatic heterocycles. The van der Waals surface area contributed by atoms with Crippen LogP contribution in [0, 0.1) is 0 Å². The van der Waals surface area contributed by atoms with Crippen molar-refractivity contribution in [1.82, 2.24) is 0 Å². The van der Waals surface area contributed by atoms with Gasteiger partial charge in [0.2, 0.25) is 0 Å². The van der Waals surface area contributed by atoms with Crippen molar-refractivity contribution in [3.8, 4) is 5.75 Å². The van der Waals surface area contributed by atoms with Gasteiger partial charge in [0.25, 0.3) is 7.57 Å². The van der Waals surface area contributed by atoms with Gasteiger partial charge in [-0.2, -0.15) is 0 Å². The molecule has 0 bridgehead atoms. The molecule has 11 heteroatoms. The molecule has 0 saturated heterocycles. The Morgan fingerprint density at radius 1 is 1.19 bits per heavy atom. The van der Waals surface area contributed by atoms with Gasteiger partial charge in [0, 0.05) is 25.8 Å². The molecule has 7 nitrogen and oxygen atoms in total. The summed E-state index contributed by atoms with van der Waals surface area (Å²) in [5.74, 6) is -0.129. The number of rotatable bonds is 6. The number of aromatic hydroxyl groups is 1. The summed E-state index contributed by atoms with van der Waals surface area (Å²) in [6, 6.07) is 4.52. The van der Waals surface area contributed by atoms with E-state index in [0.29, 0.717) is 16.2 Å². The Morgan fingerprint density at radius 3 is 2.14 bits per heavy atom. The molecule has 0 heterocycles. The lowest BCUT2D eigenvalue weighted by Gasteiger charge is -2.24. The van der Waals surface area contributed by atoms with Gasteiger partial charge < -0.3 is 28.5 Å². The van der Waals surface area contributed by atoms with Gasteiger partial charge in [0.15, 0.2) is 4.37 Å². The summed E-state index contributed by atoms with van der Waals surface area (Å²) >= 11 is 3.89. The quantitative estimate of drug-likeness (QED) is 0.475. The Balaban J connectivity index is 3.52. The molecule has 0 aliphatic heterocycles. The normalized spacial score (nSPS) is 12.5. The summed E-state index contributed by atoms with van der Waals surface area (Å²) in [6.45, 7) is 0. The second-order valence-electron chi connectivity index (χ2n) is 3.59. The molecule has 1 aromatic carbocycles. The predicted molar refractivity (Wildman–Crippen MR) is 86.7 cm³/mol. The average molecular weight is 421 g/mol. The number of hydrogen-bond acceptors (Lipinski definition) is 6. The van der Waals surface area contributed by atoms with Gasteiger partial charge in [-0.3, -0.25) is 4.57 Å². The topological polar surface area (TPSA) is 105 Å². The molecule has 0 spiro atoms. The summed E-state index contributed by atoms with van der Waals surface area (Å²) in [7, 11) is -4.40. The van der Waals surface area contributed by atoms with E-state index in [9.17, 15) is 19.5 Å². The van der Waals surface area contributed by atoms with Crippen LogP contribution in [0.25, 0.3) is 0 Å². The summed E-state index contributed by atoms with van der Waals surface area (Å²) in [5.41, 5.74) is 0. The Hall–Kier alpha value is 0.180. The smallest absolute Gasteiger partial charge is 0.369 e. The van der Waals surface area contributed by atoms with Crippen LogP contribution >= 0.6 is 42.9 Å². The van der Waals surface area contributed by atoms with Crippen molar-refractivity contribution in [2.24, 2.45) is 0 Å². The molecule has 0 atom stereocenters. The highest BCUT2D eigenvalue weighted by molar-refractivity contribution is 9.10. The number of phenols is 1. The average Bonchev–Trinajstić information content (AvgIpc) is 2.42. The zero-order valence-electron chi connectivity index (χ0n) is 11.4. The molecule has 21 heavy (non-hydrogen) atoms. The van der Waals surface area contributed by atoms with E-state index in [1.54, 1.807) is 6.07 Å². The van der Waals surface area contributed by atoms with Crippen LogP contribution in [0.15, 0.2) is 27.6 Å². The minimum absolute atomic E-state index is 0.129. The monoisotopic (exact) mass is 420 g/mol. The van der Waals surface area contributed by atoms with Crippen molar-refractivity contribution in [2.45, 2.75) is 4.90 Å². The Labute approximate surface area is 135 Å². The first-order valence-electron chi connectivity index (χ1n) is 5.36. The van der Waals surface area contributed by atoms with Crippen LogP contribution in [0.4, 0.5) is 0 Å². The highest BCUT2D eigenvalue weighted by Gasteiger charge is 2.37. The molecule has 1 rings (SSSR count). The second kappa shape index (κ2) is 7.64. The van der Waals surface area contributed by atoms with Gasteiger partial charge in [0.1, 0.15) is 5.75 Å². The van der Waals surface area contributed by atoms with Crippen molar-refractivity contribution >= 4 is 47.2 Å². The summed E-state index contributed by atoms with van der Waals surface area (Å²) in [6.07, 6.45) is 0. The molecule has 3 N–H and O–H groups in total. The minimum atomic E-state index is -4.72. The lowest BCUT2D eigenvalue weighted by atomic mass is 10.3. The Bertz CT molecular complexity index is 596. The third kappa shape index (κ3) is 4.58. The van der Waals surface area contributed by atoms with Crippen molar-refractivity contribution in [3.63, 3.8) is 0 Å². The van der Waals surface area contributed by atoms with Gasteiger partial charge >= 0.3 is 7.60 Å². The van der Waals surface area contributed by atoms with E-state index in [-0.39, 0.29) is 10.6 Å². The largest absolute Gasteiger partial charge is 0.507 e. The summed E-state index contributed by atoms with van der Waals surface area (Å²) in [5, 5.41) is 9.82. The Kier molecular flexibility index (Phi) is 6.99. The van der Waals surface area contributed by atoms with Crippen LogP contribution in [-0.4, -0.2) is 40.6 Å². The standard InChI is InChI=1S/C10H15BrO7P2S/c1-16-20(17-2,18-3)10(19(13,14)15)21-9-6-7(11)4-5-8(9)12/h4-6,12H,1-3H3,(H2,13,14,15). The van der Waals surface area contributed by atoms with E-state index >= 15 is 0 Å². The third-order valence-corrected chi connectivity index (χ3v) is 9.41. The number of phenolic OH excluding ortho intramolecular Hbond substituents is 1. The fourth-order valence-corrected chi connectivity index (χ4v) is 7.58. The number of thioether (sulfide) groups is 1. The van der Waals surface area contributed by atoms with E-state index in [1.165, 1.54) is 33.5 Å². The van der Waals surface area contributed by atoms with Crippen LogP contribution in [-0.2, 0) is 18.1 Å². The second-order valence-corrected chi connectivity index (χ2v) is 10.6. The number of halogens is 1. The van der Waals surface area contributed by atoms with E-state index in [1.807, 2.05) is 0 Å². The lowest BCUT2D eigenvalue weighted by Crippen LogP contribution is -2.05. The molecule has 0 aliphatic carbocycles. The molecule has 0 saturated carbocycles. The fourth-order valence-electron chi connectivity index (χ4n) is 1.40. The molecular formula is C10H15BrO7P2S. The molecule has 0 fully saturated rings. The maximum atomic E-state index is 11.8. The Morgan fingerprint density at radius 2 is 1.71 bits per heavy atom. The first-order chi connectivity index (χ1) is 9.70. The van der Waals surface area contributed by atoms with Crippen LogP contribution < -0.4 is 0 Å². The van der Waals surface area contributed by atoms with Crippen molar-refractivity contribution in [2.75, 3.05) is 21.3 Å². The van der Waals surface area contributed by atoms with Gasteiger partial charge in [-0.25, -0.2) is 0 Å². The molecule has 1 aromatic rings. The van der Waals surface area contributed by atoms with Crippen LogP contribution in [0.2, 0.25) is 0 Å². The molecular weight excluding hydrogens is 406 g/mol. The van der Waals surface area contributed by atoms with Gasteiger partial charge in [-0.05, 0) is 18.2 Å². The van der Waals surface area contributed by atoms with Gasteiger partial charge in [0.05, 0.1) is 4.90 Å². The van der Waals surface area contributed by atoms with E-state index in [4.69, 9.17) is 13.6 Å². The first-order valence-corrected chi connectivity index (χ1v) is 10.1. The third-order valence-electron chi connectivity index (χ3n) is 2.33. The predicted octanol–water partition coefficient (Wildman–Crippen LogP) is 3.21. The molecule has 0 amide bonds. The highest BCUT2D eigenvalue weighted by Crippen LogP contribution is 2.63. The van der Waals surface area contributed by atoms with Gasteiger partial charge in [-0.15, -0.1) is 0 Å². The molecule has 0 radical (unpaired) electrons. The SMILES string of the molecule is COP(OC)(OC)=C(Sc1cc(Br)ccc1O)P(=O)(O)O. The number of hydrogen-bond donors (Lipinski definition) is 3. The zero-order chi connectivity index (χ0) is 16.3. The molecule has 0 unspecified atom stereocenters. The van der Waals surface area contributed by atoms with Crippen molar-refractivity contribution in [1.29, 1.82) is 0 Å². The van der Waals surface area contributed by atoms with Crippen molar-refractivity contribution < 1.29 is 33.0 Å². The summed E-state index contributed by atoms with van der Waals surface area (Å²) < 4.78 is 27.3. The maximum absolute atomic E-state index is 11.8. The molecule has 0 aliphatic rings.